The predicted molar refractivity (Wildman–Crippen MR) is 77.6 cm³/mol. The highest BCUT2D eigenvalue weighted by Crippen LogP contribution is 2.25. The number of nitrogens with one attached hydrogen (secondary N) is 1. The van der Waals surface area contributed by atoms with E-state index in [1.807, 2.05) is 12.1 Å². The summed E-state index contributed by atoms with van der Waals surface area (Å²) in [6, 6.07) is 8.69. The summed E-state index contributed by atoms with van der Waals surface area (Å²) >= 11 is 0. The maximum atomic E-state index is 10.9. The molecule has 0 radical (unpaired) electrons. The molecule has 1 N–H and O–H groups in total. The zero-order chi connectivity index (χ0) is 14.5. The molecule has 0 aliphatic heterocycles. The number of benzene rings is 1. The van der Waals surface area contributed by atoms with Crippen LogP contribution >= 0.6 is 0 Å². The van der Waals surface area contributed by atoms with Crippen molar-refractivity contribution in [1.29, 1.82) is 0 Å². The van der Waals surface area contributed by atoms with E-state index in [9.17, 15) is 10.1 Å². The van der Waals surface area contributed by atoms with Gasteiger partial charge in [0.25, 0.3) is 5.69 Å². The molecule has 1 aromatic heterocycles. The molecular formula is C14H16N4O2. The molecule has 104 valence electrons. The van der Waals surface area contributed by atoms with Crippen molar-refractivity contribution in [2.24, 2.45) is 0 Å². The van der Waals surface area contributed by atoms with Crippen LogP contribution in [0.5, 0.6) is 0 Å². The number of aromatic nitrogens is 2. The van der Waals surface area contributed by atoms with E-state index in [0.29, 0.717) is 22.6 Å². The topological polar surface area (TPSA) is 81.0 Å². The standard InChI is InChI=1S/C14H16N4O2/c1-3-8-15-14-7-6-12(16-17-14)11-5-4-10(2)13(9-11)18(19)20/h4-7,9H,3,8H2,1-2H3,(H,15,17). The van der Waals surface area contributed by atoms with E-state index in [4.69, 9.17) is 0 Å². The first-order valence-corrected chi connectivity index (χ1v) is 6.45. The van der Waals surface area contributed by atoms with Gasteiger partial charge in [0.05, 0.1) is 10.6 Å². The van der Waals surface area contributed by atoms with Crippen molar-refractivity contribution < 1.29 is 4.92 Å². The summed E-state index contributed by atoms with van der Waals surface area (Å²) in [4.78, 5) is 10.6. The quantitative estimate of drug-likeness (QED) is 0.667. The monoisotopic (exact) mass is 272 g/mol. The van der Waals surface area contributed by atoms with E-state index in [1.54, 1.807) is 19.1 Å². The SMILES string of the molecule is CCCNc1ccc(-c2ccc(C)c([N+](=O)[O-])c2)nn1. The van der Waals surface area contributed by atoms with E-state index >= 15 is 0 Å². The van der Waals surface area contributed by atoms with Gasteiger partial charge in [-0.1, -0.05) is 19.1 Å². The second-order valence-corrected chi connectivity index (χ2v) is 4.49. The van der Waals surface area contributed by atoms with Crippen LogP contribution in [0.2, 0.25) is 0 Å². The number of hydrogen-bond donors (Lipinski definition) is 1. The van der Waals surface area contributed by atoms with Crippen molar-refractivity contribution in [3.8, 4) is 11.3 Å². The third kappa shape index (κ3) is 3.09. The molecule has 20 heavy (non-hydrogen) atoms. The van der Waals surface area contributed by atoms with Crippen LogP contribution in [0.3, 0.4) is 0 Å². The van der Waals surface area contributed by atoms with Crippen LogP contribution in [0.1, 0.15) is 18.9 Å². The molecule has 0 bridgehead atoms. The molecule has 6 nitrogen and oxygen atoms in total. The Kier molecular flexibility index (Phi) is 4.24. The highest BCUT2D eigenvalue weighted by molar-refractivity contribution is 5.64. The van der Waals surface area contributed by atoms with Crippen molar-refractivity contribution in [1.82, 2.24) is 10.2 Å². The lowest BCUT2D eigenvalue weighted by Crippen LogP contribution is -2.03. The van der Waals surface area contributed by atoms with Crippen LogP contribution in [0.25, 0.3) is 11.3 Å². The van der Waals surface area contributed by atoms with Crippen molar-refractivity contribution in [2.45, 2.75) is 20.3 Å². The van der Waals surface area contributed by atoms with E-state index in [2.05, 4.69) is 22.4 Å². The van der Waals surface area contributed by atoms with Crippen LogP contribution in [0.15, 0.2) is 30.3 Å². The molecule has 0 unspecified atom stereocenters. The summed E-state index contributed by atoms with van der Waals surface area (Å²) in [6.45, 7) is 4.62. The highest BCUT2D eigenvalue weighted by atomic mass is 16.6. The zero-order valence-electron chi connectivity index (χ0n) is 11.5. The third-order valence-electron chi connectivity index (χ3n) is 2.92. The van der Waals surface area contributed by atoms with Crippen LogP contribution in [-0.2, 0) is 0 Å². The van der Waals surface area contributed by atoms with Crippen molar-refractivity contribution >= 4 is 11.5 Å². The van der Waals surface area contributed by atoms with E-state index < -0.39 is 0 Å². The first kappa shape index (κ1) is 13.9. The Bertz CT molecular complexity index is 611. The van der Waals surface area contributed by atoms with E-state index in [1.165, 1.54) is 6.07 Å². The molecule has 6 heteroatoms. The van der Waals surface area contributed by atoms with Crippen LogP contribution in [0.4, 0.5) is 11.5 Å². The third-order valence-corrected chi connectivity index (χ3v) is 2.92. The number of anilines is 1. The minimum atomic E-state index is -0.385. The van der Waals surface area contributed by atoms with Gasteiger partial charge < -0.3 is 5.32 Å². The van der Waals surface area contributed by atoms with Gasteiger partial charge in [-0.15, -0.1) is 10.2 Å². The molecule has 0 saturated heterocycles. The second kappa shape index (κ2) is 6.10. The Morgan fingerprint density at radius 1 is 1.25 bits per heavy atom. The summed E-state index contributed by atoms with van der Waals surface area (Å²) in [5.41, 5.74) is 2.04. The summed E-state index contributed by atoms with van der Waals surface area (Å²) in [5.74, 6) is 0.706. The fourth-order valence-corrected chi connectivity index (χ4v) is 1.80. The molecule has 0 amide bonds. The lowest BCUT2D eigenvalue weighted by Gasteiger charge is -2.05. The Balaban J connectivity index is 2.27. The van der Waals surface area contributed by atoms with Crippen molar-refractivity contribution in [3.05, 3.63) is 46.0 Å². The lowest BCUT2D eigenvalue weighted by molar-refractivity contribution is -0.385. The molecular weight excluding hydrogens is 256 g/mol. The van der Waals surface area contributed by atoms with E-state index in [0.717, 1.165) is 13.0 Å². The Hall–Kier alpha value is -2.50. The van der Waals surface area contributed by atoms with Crippen molar-refractivity contribution in [2.75, 3.05) is 11.9 Å². The molecule has 0 fully saturated rings. The Morgan fingerprint density at radius 2 is 2.05 bits per heavy atom. The maximum Gasteiger partial charge on any atom is 0.272 e. The molecule has 1 heterocycles. The average molecular weight is 272 g/mol. The normalized spacial score (nSPS) is 10.3. The first-order chi connectivity index (χ1) is 9.61. The number of aryl methyl sites for hydroxylation is 1. The average Bonchev–Trinajstić information content (AvgIpc) is 2.46. The summed E-state index contributed by atoms with van der Waals surface area (Å²) < 4.78 is 0. The molecule has 0 atom stereocenters. The van der Waals surface area contributed by atoms with E-state index in [-0.39, 0.29) is 10.6 Å². The molecule has 2 rings (SSSR count). The maximum absolute atomic E-state index is 10.9. The number of nitro benzene ring substituents is 1. The number of hydrogen-bond acceptors (Lipinski definition) is 5. The number of nitro groups is 1. The molecule has 0 saturated carbocycles. The van der Waals surface area contributed by atoms with Gasteiger partial charge in [-0.05, 0) is 25.5 Å². The minimum absolute atomic E-state index is 0.0949. The molecule has 0 aliphatic rings. The Morgan fingerprint density at radius 3 is 2.65 bits per heavy atom. The zero-order valence-corrected chi connectivity index (χ0v) is 11.5. The largest absolute Gasteiger partial charge is 0.369 e. The molecule has 0 aliphatic carbocycles. The summed E-state index contributed by atoms with van der Waals surface area (Å²) in [6.07, 6.45) is 1.01. The predicted octanol–water partition coefficient (Wildman–Crippen LogP) is 3.18. The van der Waals surface area contributed by atoms with Crippen LogP contribution < -0.4 is 5.32 Å². The van der Waals surface area contributed by atoms with Gasteiger partial charge in [0.2, 0.25) is 0 Å². The lowest BCUT2D eigenvalue weighted by atomic mass is 10.1. The highest BCUT2D eigenvalue weighted by Gasteiger charge is 2.12. The van der Waals surface area contributed by atoms with Gasteiger partial charge in [-0.2, -0.15) is 0 Å². The minimum Gasteiger partial charge on any atom is -0.369 e. The van der Waals surface area contributed by atoms with Crippen LogP contribution in [-0.4, -0.2) is 21.7 Å². The van der Waals surface area contributed by atoms with Gasteiger partial charge in [0.1, 0.15) is 5.82 Å². The van der Waals surface area contributed by atoms with Gasteiger partial charge in [0.15, 0.2) is 0 Å². The van der Waals surface area contributed by atoms with Gasteiger partial charge >= 0.3 is 0 Å². The van der Waals surface area contributed by atoms with Crippen LogP contribution in [0, 0.1) is 17.0 Å². The fourth-order valence-electron chi connectivity index (χ4n) is 1.80. The summed E-state index contributed by atoms with van der Waals surface area (Å²) in [7, 11) is 0. The van der Waals surface area contributed by atoms with Crippen molar-refractivity contribution in [3.63, 3.8) is 0 Å². The van der Waals surface area contributed by atoms with Gasteiger partial charge in [-0.25, -0.2) is 0 Å². The molecule has 2 aromatic rings. The molecule has 1 aromatic carbocycles. The summed E-state index contributed by atoms with van der Waals surface area (Å²) in [5, 5.41) is 22.2. The van der Waals surface area contributed by atoms with Gasteiger partial charge in [0, 0.05) is 23.7 Å². The second-order valence-electron chi connectivity index (χ2n) is 4.49. The Labute approximate surface area is 117 Å². The fraction of sp³-hybridized carbons (Fsp3) is 0.286. The number of rotatable bonds is 5. The number of nitrogens with zero attached hydrogens (tertiary/aromatic N) is 3. The smallest absolute Gasteiger partial charge is 0.272 e. The molecule has 0 spiro atoms. The first-order valence-electron chi connectivity index (χ1n) is 6.45. The van der Waals surface area contributed by atoms with Gasteiger partial charge in [-0.3, -0.25) is 10.1 Å².